The van der Waals surface area contributed by atoms with Gasteiger partial charge >= 0.3 is 0 Å². The van der Waals surface area contributed by atoms with Crippen molar-refractivity contribution in [3.05, 3.63) is 32.7 Å². The number of piperidine rings is 1. The monoisotopic (exact) mass is 416 g/mol. The van der Waals surface area contributed by atoms with Crippen molar-refractivity contribution in [1.29, 1.82) is 0 Å². The molecule has 1 saturated heterocycles. The normalized spacial score (nSPS) is 18.8. The smallest absolute Gasteiger partial charge is 0.255 e. The topological polar surface area (TPSA) is 32.3 Å². The van der Waals surface area contributed by atoms with Crippen molar-refractivity contribution in [3.63, 3.8) is 0 Å². The van der Waals surface area contributed by atoms with Gasteiger partial charge in [0.1, 0.15) is 0 Å². The molecule has 0 aromatic heterocycles. The Morgan fingerprint density at radius 1 is 1.38 bits per heavy atom. The molecule has 3 nitrogen and oxygen atoms in total. The van der Waals surface area contributed by atoms with Crippen molar-refractivity contribution in [2.45, 2.75) is 45.2 Å². The van der Waals surface area contributed by atoms with Gasteiger partial charge in [-0.05, 0) is 67.4 Å². The Morgan fingerprint density at radius 2 is 2.14 bits per heavy atom. The molecule has 5 heteroatoms. The Labute approximate surface area is 143 Å². The summed E-state index contributed by atoms with van der Waals surface area (Å²) in [4.78, 5) is 14.8. The fourth-order valence-electron chi connectivity index (χ4n) is 2.66. The number of benzene rings is 1. The highest BCUT2D eigenvalue weighted by atomic mass is 79.9. The Balaban J connectivity index is 2.16. The van der Waals surface area contributed by atoms with E-state index in [1.54, 1.807) is 0 Å². The van der Waals surface area contributed by atoms with Gasteiger partial charge < -0.3 is 10.2 Å². The summed E-state index contributed by atoms with van der Waals surface area (Å²) < 4.78 is 1.77. The summed E-state index contributed by atoms with van der Waals surface area (Å²) in [6.07, 6.45) is 3.64. The number of carbonyl (C=O) groups excluding carboxylic acids is 1. The molecule has 1 aromatic rings. The van der Waals surface area contributed by atoms with Crippen molar-refractivity contribution in [1.82, 2.24) is 10.2 Å². The van der Waals surface area contributed by atoms with Gasteiger partial charge in [0.15, 0.2) is 0 Å². The minimum Gasteiger partial charge on any atom is -0.335 e. The molecule has 0 radical (unpaired) electrons. The van der Waals surface area contributed by atoms with Crippen LogP contribution < -0.4 is 5.32 Å². The summed E-state index contributed by atoms with van der Waals surface area (Å²) >= 11 is 6.94. The molecule has 0 aliphatic carbocycles. The summed E-state index contributed by atoms with van der Waals surface area (Å²) in [6.45, 7) is 5.99. The third-order valence-corrected chi connectivity index (χ3v) is 5.06. The third kappa shape index (κ3) is 4.54. The lowest BCUT2D eigenvalue weighted by atomic mass is 10.0. The SMILES string of the molecule is CC(C)N(CC1CCCCN1)C(=O)c1cc(Br)ccc1Br. The molecule has 0 spiro atoms. The van der Waals surface area contributed by atoms with Crippen LogP contribution in [0, 0.1) is 0 Å². The highest BCUT2D eigenvalue weighted by Gasteiger charge is 2.25. The van der Waals surface area contributed by atoms with Gasteiger partial charge in [-0.1, -0.05) is 22.4 Å². The molecule has 1 aliphatic heterocycles. The van der Waals surface area contributed by atoms with Crippen LogP contribution in [-0.4, -0.2) is 36.0 Å². The largest absolute Gasteiger partial charge is 0.335 e. The van der Waals surface area contributed by atoms with Crippen molar-refractivity contribution >= 4 is 37.8 Å². The van der Waals surface area contributed by atoms with E-state index in [0.29, 0.717) is 11.6 Å². The van der Waals surface area contributed by atoms with E-state index in [9.17, 15) is 4.79 Å². The van der Waals surface area contributed by atoms with Crippen LogP contribution >= 0.6 is 31.9 Å². The van der Waals surface area contributed by atoms with Crippen LogP contribution in [0.25, 0.3) is 0 Å². The van der Waals surface area contributed by atoms with Gasteiger partial charge in [0.05, 0.1) is 5.56 Å². The van der Waals surface area contributed by atoms with Gasteiger partial charge in [-0.3, -0.25) is 4.79 Å². The first-order valence-electron chi connectivity index (χ1n) is 7.48. The Morgan fingerprint density at radius 3 is 2.76 bits per heavy atom. The fraction of sp³-hybridized carbons (Fsp3) is 0.562. The number of amides is 1. The van der Waals surface area contributed by atoms with Crippen LogP contribution in [0.2, 0.25) is 0 Å². The maximum Gasteiger partial charge on any atom is 0.255 e. The van der Waals surface area contributed by atoms with Crippen molar-refractivity contribution < 1.29 is 4.79 Å². The molecular weight excluding hydrogens is 396 g/mol. The summed E-state index contributed by atoms with van der Waals surface area (Å²) in [5.74, 6) is 0.0885. The molecule has 116 valence electrons. The first-order chi connectivity index (χ1) is 9.99. The Hall–Kier alpha value is -0.390. The number of hydrogen-bond acceptors (Lipinski definition) is 2. The van der Waals surface area contributed by atoms with Crippen molar-refractivity contribution in [3.8, 4) is 0 Å². The van der Waals surface area contributed by atoms with E-state index in [1.807, 2.05) is 23.1 Å². The van der Waals surface area contributed by atoms with Gasteiger partial charge in [-0.2, -0.15) is 0 Å². The molecule has 1 aromatic carbocycles. The zero-order chi connectivity index (χ0) is 15.4. The molecule has 1 heterocycles. The second-order valence-electron chi connectivity index (χ2n) is 5.82. The van der Waals surface area contributed by atoms with Gasteiger partial charge in [-0.15, -0.1) is 0 Å². The highest BCUT2D eigenvalue weighted by Crippen LogP contribution is 2.24. The standard InChI is InChI=1S/C16H22Br2N2O/c1-11(2)20(10-13-5-3-4-8-19-13)16(21)14-9-12(17)6-7-15(14)18/h6-7,9,11,13,19H,3-5,8,10H2,1-2H3. The van der Waals surface area contributed by atoms with E-state index >= 15 is 0 Å². The molecule has 1 aliphatic rings. The van der Waals surface area contributed by atoms with Crippen molar-refractivity contribution in [2.75, 3.05) is 13.1 Å². The zero-order valence-electron chi connectivity index (χ0n) is 12.5. The summed E-state index contributed by atoms with van der Waals surface area (Å²) in [7, 11) is 0. The molecule has 1 N–H and O–H groups in total. The number of halogens is 2. The lowest BCUT2D eigenvalue weighted by molar-refractivity contribution is 0.0676. The Kier molecular flexibility index (Phi) is 6.26. The van der Waals surface area contributed by atoms with E-state index in [-0.39, 0.29) is 11.9 Å². The highest BCUT2D eigenvalue weighted by molar-refractivity contribution is 9.11. The van der Waals surface area contributed by atoms with Crippen molar-refractivity contribution in [2.24, 2.45) is 0 Å². The summed E-state index contributed by atoms with van der Waals surface area (Å²) in [5, 5.41) is 3.52. The van der Waals surface area contributed by atoms with Gasteiger partial charge in [-0.25, -0.2) is 0 Å². The van der Waals surface area contributed by atoms with E-state index in [0.717, 1.165) is 28.5 Å². The minimum absolute atomic E-state index is 0.0885. The van der Waals surface area contributed by atoms with Gasteiger partial charge in [0, 0.05) is 27.6 Å². The lowest BCUT2D eigenvalue weighted by Gasteiger charge is -2.33. The zero-order valence-corrected chi connectivity index (χ0v) is 15.7. The molecule has 1 unspecified atom stereocenters. The van der Waals surface area contributed by atoms with Crippen LogP contribution in [-0.2, 0) is 0 Å². The molecule has 0 bridgehead atoms. The van der Waals surface area contributed by atoms with Crippen LogP contribution in [0.3, 0.4) is 0 Å². The molecule has 1 amide bonds. The maximum absolute atomic E-state index is 12.9. The number of hydrogen-bond donors (Lipinski definition) is 1. The minimum atomic E-state index is 0.0885. The van der Waals surface area contributed by atoms with Gasteiger partial charge in [0.25, 0.3) is 5.91 Å². The van der Waals surface area contributed by atoms with Crippen LogP contribution in [0.5, 0.6) is 0 Å². The predicted molar refractivity (Wildman–Crippen MR) is 93.7 cm³/mol. The molecule has 2 rings (SSSR count). The number of nitrogens with one attached hydrogen (secondary N) is 1. The Bertz CT molecular complexity index is 499. The lowest BCUT2D eigenvalue weighted by Crippen LogP contribution is -2.48. The van der Waals surface area contributed by atoms with E-state index in [1.165, 1.54) is 12.8 Å². The van der Waals surface area contributed by atoms with Gasteiger partial charge in [0.2, 0.25) is 0 Å². The molecule has 1 atom stereocenters. The summed E-state index contributed by atoms with van der Waals surface area (Å²) in [5.41, 5.74) is 0.717. The second kappa shape index (κ2) is 7.75. The first-order valence-corrected chi connectivity index (χ1v) is 9.07. The van der Waals surface area contributed by atoms with E-state index in [2.05, 4.69) is 51.0 Å². The van der Waals surface area contributed by atoms with Crippen LogP contribution in [0.4, 0.5) is 0 Å². The maximum atomic E-state index is 12.9. The molecule has 0 saturated carbocycles. The van der Waals surface area contributed by atoms with E-state index in [4.69, 9.17) is 0 Å². The second-order valence-corrected chi connectivity index (χ2v) is 7.59. The molecule has 21 heavy (non-hydrogen) atoms. The molecular formula is C16H22Br2N2O. The third-order valence-electron chi connectivity index (χ3n) is 3.87. The van der Waals surface area contributed by atoms with Crippen LogP contribution in [0.1, 0.15) is 43.5 Å². The first kappa shape index (κ1) is 17.0. The van der Waals surface area contributed by atoms with E-state index < -0.39 is 0 Å². The quantitative estimate of drug-likeness (QED) is 0.795. The summed E-state index contributed by atoms with van der Waals surface area (Å²) in [6, 6.07) is 6.33. The predicted octanol–water partition coefficient (Wildman–Crippen LogP) is 4.20. The average molecular weight is 418 g/mol. The molecule has 1 fully saturated rings. The number of rotatable bonds is 4. The number of carbonyl (C=O) groups is 1. The number of nitrogens with zero attached hydrogens (tertiary/aromatic N) is 1. The fourth-order valence-corrected chi connectivity index (χ4v) is 3.44. The average Bonchev–Trinajstić information content (AvgIpc) is 2.47. The van der Waals surface area contributed by atoms with Crippen LogP contribution in [0.15, 0.2) is 27.1 Å².